The molecule has 7 heteroatoms. The monoisotopic (exact) mass is 377 g/mol. The molecule has 0 radical (unpaired) electrons. The number of halogens is 1. The number of hydrogen-bond acceptors (Lipinski definition) is 5. The van der Waals surface area contributed by atoms with Crippen LogP contribution in [0.15, 0.2) is 40.8 Å². The fraction of sp³-hybridized carbons (Fsp3) is 0.421. The summed E-state index contributed by atoms with van der Waals surface area (Å²) < 4.78 is 18.4. The van der Waals surface area contributed by atoms with Gasteiger partial charge in [-0.1, -0.05) is 12.1 Å². The molecule has 1 fully saturated rings. The van der Waals surface area contributed by atoms with Crippen molar-refractivity contribution in [3.8, 4) is 0 Å². The van der Waals surface area contributed by atoms with E-state index < -0.39 is 0 Å². The third kappa shape index (κ3) is 5.33. The smallest absolute Gasteiger partial charge is 0.238 e. The molecule has 0 bridgehead atoms. The van der Waals surface area contributed by atoms with E-state index in [0.717, 1.165) is 35.0 Å². The second-order valence-corrected chi connectivity index (χ2v) is 7.51. The van der Waals surface area contributed by atoms with Gasteiger partial charge in [0.15, 0.2) is 0 Å². The fourth-order valence-corrected chi connectivity index (χ4v) is 3.76. The number of carbonyl (C=O) groups is 1. The summed E-state index contributed by atoms with van der Waals surface area (Å²) in [7, 11) is 0. The van der Waals surface area contributed by atoms with Crippen molar-refractivity contribution in [2.75, 3.05) is 12.3 Å². The zero-order chi connectivity index (χ0) is 18.4. The van der Waals surface area contributed by atoms with E-state index in [2.05, 4.69) is 16.2 Å². The van der Waals surface area contributed by atoms with Crippen molar-refractivity contribution in [2.45, 2.75) is 37.6 Å². The molecule has 2 atom stereocenters. The summed E-state index contributed by atoms with van der Waals surface area (Å²) in [4.78, 5) is 12.2. The van der Waals surface area contributed by atoms with Gasteiger partial charge in [-0.2, -0.15) is 11.8 Å². The quantitative estimate of drug-likeness (QED) is 0.617. The normalized spacial score (nSPS) is 19.6. The van der Waals surface area contributed by atoms with Crippen molar-refractivity contribution in [1.29, 1.82) is 0 Å². The third-order valence-corrected chi connectivity index (χ3v) is 5.39. The second kappa shape index (κ2) is 9.21. The van der Waals surface area contributed by atoms with E-state index in [4.69, 9.17) is 4.42 Å². The lowest BCUT2D eigenvalue weighted by Crippen LogP contribution is -2.43. The minimum atomic E-state index is -0.253. The van der Waals surface area contributed by atoms with Crippen LogP contribution in [0.3, 0.4) is 0 Å². The molecule has 1 amide bonds. The van der Waals surface area contributed by atoms with Crippen molar-refractivity contribution in [3.05, 3.63) is 59.3 Å². The third-order valence-electron chi connectivity index (χ3n) is 4.27. The van der Waals surface area contributed by atoms with E-state index in [1.807, 2.05) is 19.1 Å². The van der Waals surface area contributed by atoms with Crippen LogP contribution in [0.1, 0.15) is 36.0 Å². The highest BCUT2D eigenvalue weighted by Gasteiger charge is 2.31. The molecule has 2 heterocycles. The van der Waals surface area contributed by atoms with Gasteiger partial charge in [-0.15, -0.1) is 0 Å². The van der Waals surface area contributed by atoms with E-state index in [1.54, 1.807) is 23.9 Å². The number of hydrogen-bond donors (Lipinski definition) is 3. The predicted octanol–water partition coefficient (Wildman–Crippen LogP) is 3.07. The van der Waals surface area contributed by atoms with Crippen molar-refractivity contribution in [3.63, 3.8) is 0 Å². The molecule has 1 aromatic carbocycles. The van der Waals surface area contributed by atoms with Gasteiger partial charge < -0.3 is 9.73 Å². The number of amides is 1. The zero-order valence-corrected chi connectivity index (χ0v) is 15.6. The van der Waals surface area contributed by atoms with Gasteiger partial charge in [0.2, 0.25) is 5.91 Å². The molecule has 0 aliphatic carbocycles. The molecule has 2 aromatic rings. The summed E-state index contributed by atoms with van der Waals surface area (Å²) in [5.74, 6) is 3.32. The highest BCUT2D eigenvalue weighted by Crippen LogP contribution is 2.24. The maximum atomic E-state index is 12.8. The Morgan fingerprint density at radius 1 is 1.27 bits per heavy atom. The molecule has 0 saturated carbocycles. The van der Waals surface area contributed by atoms with E-state index in [0.29, 0.717) is 13.0 Å². The second-order valence-electron chi connectivity index (χ2n) is 6.40. The van der Waals surface area contributed by atoms with E-state index in [-0.39, 0.29) is 23.8 Å². The first-order chi connectivity index (χ1) is 12.6. The standard InChI is InChI=1S/C19H24FN3O2S/c1-13-3-8-18(25-13)16-11-17(23-22-16)19(24)21-9-2-10-26-12-14-4-6-15(20)7-5-14/h3-8,16-17,22-23H,2,9-12H2,1H3,(H,21,24). The molecule has 5 nitrogen and oxygen atoms in total. The summed E-state index contributed by atoms with van der Waals surface area (Å²) in [6.07, 6.45) is 1.57. The maximum absolute atomic E-state index is 12.8. The van der Waals surface area contributed by atoms with E-state index in [9.17, 15) is 9.18 Å². The Morgan fingerprint density at radius 2 is 2.08 bits per heavy atom. The Morgan fingerprint density at radius 3 is 2.81 bits per heavy atom. The fourth-order valence-electron chi connectivity index (χ4n) is 2.83. The van der Waals surface area contributed by atoms with Gasteiger partial charge in [0.1, 0.15) is 23.4 Å². The first-order valence-electron chi connectivity index (χ1n) is 8.79. The average molecular weight is 377 g/mol. The molecule has 1 aliphatic rings. The zero-order valence-electron chi connectivity index (χ0n) is 14.8. The topological polar surface area (TPSA) is 66.3 Å². The van der Waals surface area contributed by atoms with Crippen LogP contribution in [0.4, 0.5) is 4.39 Å². The Labute approximate surface area is 157 Å². The van der Waals surface area contributed by atoms with Crippen LogP contribution in [0.2, 0.25) is 0 Å². The maximum Gasteiger partial charge on any atom is 0.238 e. The molecule has 2 unspecified atom stereocenters. The SMILES string of the molecule is Cc1ccc(C2CC(C(=O)NCCCSCc3ccc(F)cc3)NN2)o1. The molecule has 1 aromatic heterocycles. The first-order valence-corrected chi connectivity index (χ1v) is 9.94. The Hall–Kier alpha value is -1.83. The number of aryl methyl sites for hydroxylation is 1. The van der Waals surface area contributed by atoms with Crippen molar-refractivity contribution >= 4 is 17.7 Å². The molecule has 26 heavy (non-hydrogen) atoms. The van der Waals surface area contributed by atoms with Gasteiger partial charge in [-0.05, 0) is 55.3 Å². The molecule has 140 valence electrons. The van der Waals surface area contributed by atoms with E-state index in [1.165, 1.54) is 12.1 Å². The van der Waals surface area contributed by atoms with Crippen LogP contribution < -0.4 is 16.2 Å². The Bertz CT molecular complexity index is 720. The van der Waals surface area contributed by atoms with Gasteiger partial charge >= 0.3 is 0 Å². The van der Waals surface area contributed by atoms with Crippen LogP contribution in [0.25, 0.3) is 0 Å². The molecule has 1 aliphatic heterocycles. The predicted molar refractivity (Wildman–Crippen MR) is 101 cm³/mol. The number of carbonyl (C=O) groups excluding carboxylic acids is 1. The van der Waals surface area contributed by atoms with Crippen molar-refractivity contribution in [1.82, 2.24) is 16.2 Å². The number of nitrogens with one attached hydrogen (secondary N) is 3. The average Bonchev–Trinajstić information content (AvgIpc) is 3.28. The van der Waals surface area contributed by atoms with Crippen LogP contribution in [-0.4, -0.2) is 24.2 Å². The summed E-state index contributed by atoms with van der Waals surface area (Å²) in [5, 5.41) is 2.97. The summed E-state index contributed by atoms with van der Waals surface area (Å²) in [6, 6.07) is 10.2. The highest BCUT2D eigenvalue weighted by molar-refractivity contribution is 7.98. The molecular weight excluding hydrogens is 353 g/mol. The van der Waals surface area contributed by atoms with Crippen LogP contribution in [0, 0.1) is 12.7 Å². The van der Waals surface area contributed by atoms with Gasteiger partial charge in [-0.25, -0.2) is 15.2 Å². The Balaban J connectivity index is 1.29. The number of hydrazine groups is 1. The summed E-state index contributed by atoms with van der Waals surface area (Å²) >= 11 is 1.78. The minimum absolute atomic E-state index is 0.00631. The molecule has 3 rings (SSSR count). The lowest BCUT2D eigenvalue weighted by molar-refractivity contribution is -0.122. The number of thioether (sulfide) groups is 1. The number of rotatable bonds is 8. The minimum Gasteiger partial charge on any atom is -0.465 e. The molecule has 3 N–H and O–H groups in total. The number of furan rings is 1. The van der Waals surface area contributed by atoms with Gasteiger partial charge in [0, 0.05) is 12.3 Å². The largest absolute Gasteiger partial charge is 0.465 e. The highest BCUT2D eigenvalue weighted by atomic mass is 32.2. The Kier molecular flexibility index (Phi) is 6.71. The van der Waals surface area contributed by atoms with Gasteiger partial charge in [-0.3, -0.25) is 4.79 Å². The summed E-state index contributed by atoms with van der Waals surface area (Å²) in [6.45, 7) is 2.56. The lowest BCUT2D eigenvalue weighted by atomic mass is 10.1. The lowest BCUT2D eigenvalue weighted by Gasteiger charge is -2.10. The molecule has 1 saturated heterocycles. The molecule has 0 spiro atoms. The van der Waals surface area contributed by atoms with E-state index >= 15 is 0 Å². The van der Waals surface area contributed by atoms with Gasteiger partial charge in [0.05, 0.1) is 6.04 Å². The van der Waals surface area contributed by atoms with Crippen LogP contribution in [-0.2, 0) is 10.5 Å². The van der Waals surface area contributed by atoms with Crippen LogP contribution in [0.5, 0.6) is 0 Å². The van der Waals surface area contributed by atoms with Gasteiger partial charge in [0.25, 0.3) is 0 Å². The molecular formula is C19H24FN3O2S. The van der Waals surface area contributed by atoms with Crippen molar-refractivity contribution in [2.24, 2.45) is 0 Å². The van der Waals surface area contributed by atoms with Crippen molar-refractivity contribution < 1.29 is 13.6 Å². The number of benzene rings is 1. The summed E-state index contributed by atoms with van der Waals surface area (Å²) in [5.41, 5.74) is 7.26. The van der Waals surface area contributed by atoms with Crippen LogP contribution >= 0.6 is 11.8 Å². The first kappa shape index (κ1) is 18.9.